The van der Waals surface area contributed by atoms with Crippen LogP contribution in [0.15, 0.2) is 29.2 Å². The molecule has 0 radical (unpaired) electrons. The van der Waals surface area contributed by atoms with Crippen molar-refractivity contribution in [2.45, 2.75) is 36.7 Å². The predicted octanol–water partition coefficient (Wildman–Crippen LogP) is 2.63. The van der Waals surface area contributed by atoms with E-state index in [9.17, 15) is 0 Å². The van der Waals surface area contributed by atoms with Crippen LogP contribution in [-0.4, -0.2) is 30.1 Å². The lowest BCUT2D eigenvalue weighted by molar-refractivity contribution is 0.181. The molecule has 1 aromatic rings. The van der Waals surface area contributed by atoms with Gasteiger partial charge in [-0.2, -0.15) is 0 Å². The van der Waals surface area contributed by atoms with Crippen LogP contribution in [0, 0.1) is 0 Å². The minimum absolute atomic E-state index is 0.167. The number of rotatable bonds is 6. The van der Waals surface area contributed by atoms with Crippen LogP contribution in [0.1, 0.15) is 31.2 Å². The highest BCUT2D eigenvalue weighted by Crippen LogP contribution is 2.38. The van der Waals surface area contributed by atoms with E-state index in [4.69, 9.17) is 5.11 Å². The maximum Gasteiger partial charge on any atom is 0.0512 e. The number of aliphatic hydroxyl groups is 1. The van der Waals surface area contributed by atoms with Gasteiger partial charge in [0.05, 0.1) is 6.10 Å². The third-order valence-electron chi connectivity index (χ3n) is 3.17. The van der Waals surface area contributed by atoms with Crippen molar-refractivity contribution in [2.75, 3.05) is 18.8 Å². The van der Waals surface area contributed by atoms with E-state index in [1.54, 1.807) is 0 Å². The molecule has 0 aromatic heterocycles. The fourth-order valence-corrected chi connectivity index (χ4v) is 3.45. The summed E-state index contributed by atoms with van der Waals surface area (Å²) in [7, 11) is 0. The van der Waals surface area contributed by atoms with Crippen molar-refractivity contribution in [1.82, 2.24) is 5.32 Å². The zero-order chi connectivity index (χ0) is 12.1. The van der Waals surface area contributed by atoms with Gasteiger partial charge >= 0.3 is 0 Å². The van der Waals surface area contributed by atoms with Crippen LogP contribution in [0.3, 0.4) is 0 Å². The van der Waals surface area contributed by atoms with Gasteiger partial charge < -0.3 is 10.4 Å². The number of fused-ring (bicyclic) bond motifs is 1. The Bertz CT molecular complexity index is 354. The number of hydrogen-bond donors (Lipinski definition) is 2. The molecule has 17 heavy (non-hydrogen) atoms. The van der Waals surface area contributed by atoms with Crippen molar-refractivity contribution in [1.29, 1.82) is 0 Å². The van der Waals surface area contributed by atoms with Crippen LogP contribution in [0.5, 0.6) is 0 Å². The van der Waals surface area contributed by atoms with Crippen molar-refractivity contribution in [3.8, 4) is 0 Å². The smallest absolute Gasteiger partial charge is 0.0512 e. The van der Waals surface area contributed by atoms with Gasteiger partial charge in [0.25, 0.3) is 0 Å². The van der Waals surface area contributed by atoms with Crippen molar-refractivity contribution in [3.05, 3.63) is 29.8 Å². The standard InChI is InChI=1S/C14H21NOS/c1-11(16)5-4-8-15-9-12-10-17-14-7-3-2-6-13(12)14/h2-3,6-7,11-12,15-16H,4-5,8-10H2,1H3. The predicted molar refractivity (Wildman–Crippen MR) is 73.7 cm³/mol. The fraction of sp³-hybridized carbons (Fsp3) is 0.571. The topological polar surface area (TPSA) is 32.3 Å². The lowest BCUT2D eigenvalue weighted by Gasteiger charge is -2.12. The van der Waals surface area contributed by atoms with E-state index in [1.807, 2.05) is 18.7 Å². The monoisotopic (exact) mass is 251 g/mol. The van der Waals surface area contributed by atoms with Crippen LogP contribution >= 0.6 is 11.8 Å². The Hall–Kier alpha value is -0.510. The van der Waals surface area contributed by atoms with E-state index >= 15 is 0 Å². The van der Waals surface area contributed by atoms with Crippen LogP contribution in [0.25, 0.3) is 0 Å². The van der Waals surface area contributed by atoms with Crippen molar-refractivity contribution >= 4 is 11.8 Å². The maximum atomic E-state index is 9.16. The van der Waals surface area contributed by atoms with Gasteiger partial charge in [-0.3, -0.25) is 0 Å². The zero-order valence-corrected chi connectivity index (χ0v) is 11.2. The summed E-state index contributed by atoms with van der Waals surface area (Å²) in [4.78, 5) is 1.45. The first kappa shape index (κ1) is 12.9. The van der Waals surface area contributed by atoms with E-state index < -0.39 is 0 Å². The molecule has 1 heterocycles. The number of hydrogen-bond acceptors (Lipinski definition) is 3. The highest BCUT2D eigenvalue weighted by Gasteiger charge is 2.21. The molecule has 3 heteroatoms. The Balaban J connectivity index is 1.71. The molecular weight excluding hydrogens is 230 g/mol. The summed E-state index contributed by atoms with van der Waals surface area (Å²) in [5.41, 5.74) is 1.50. The minimum atomic E-state index is -0.167. The average molecular weight is 251 g/mol. The Kier molecular flexibility index (Phi) is 4.89. The molecule has 0 amide bonds. The lowest BCUT2D eigenvalue weighted by atomic mass is 10.0. The van der Waals surface area contributed by atoms with Gasteiger partial charge in [-0.1, -0.05) is 18.2 Å². The second kappa shape index (κ2) is 6.43. The molecule has 0 spiro atoms. The molecule has 0 bridgehead atoms. The van der Waals surface area contributed by atoms with Gasteiger partial charge in [0.1, 0.15) is 0 Å². The fourth-order valence-electron chi connectivity index (χ4n) is 2.20. The first-order valence-corrected chi connectivity index (χ1v) is 7.36. The van der Waals surface area contributed by atoms with E-state index in [0.717, 1.165) is 25.9 Å². The molecule has 2 unspecified atom stereocenters. The Morgan fingerprint density at radius 2 is 2.29 bits per heavy atom. The molecule has 0 fully saturated rings. The molecular formula is C14H21NOS. The van der Waals surface area contributed by atoms with Crippen LogP contribution < -0.4 is 5.32 Å². The number of benzene rings is 1. The van der Waals surface area contributed by atoms with E-state index in [2.05, 4.69) is 29.6 Å². The van der Waals surface area contributed by atoms with Crippen LogP contribution in [0.2, 0.25) is 0 Å². The summed E-state index contributed by atoms with van der Waals surface area (Å²) in [5, 5.41) is 12.7. The molecule has 1 aromatic carbocycles. The largest absolute Gasteiger partial charge is 0.393 e. The summed E-state index contributed by atoms with van der Waals surface area (Å²) in [5.74, 6) is 1.85. The molecule has 0 saturated heterocycles. The van der Waals surface area contributed by atoms with Crippen molar-refractivity contribution < 1.29 is 5.11 Å². The van der Waals surface area contributed by atoms with Gasteiger partial charge in [-0.15, -0.1) is 11.8 Å². The average Bonchev–Trinajstić information content (AvgIpc) is 2.72. The SMILES string of the molecule is CC(O)CCCNCC1CSc2ccccc21. The van der Waals surface area contributed by atoms with E-state index in [-0.39, 0.29) is 6.10 Å². The molecule has 1 aliphatic heterocycles. The highest BCUT2D eigenvalue weighted by atomic mass is 32.2. The molecule has 94 valence electrons. The molecule has 2 N–H and O–H groups in total. The summed E-state index contributed by atoms with van der Waals surface area (Å²) in [6.07, 6.45) is 1.78. The molecule has 2 nitrogen and oxygen atoms in total. The number of thioether (sulfide) groups is 1. The normalized spacial score (nSPS) is 20.2. The van der Waals surface area contributed by atoms with Crippen LogP contribution in [-0.2, 0) is 0 Å². The first-order chi connectivity index (χ1) is 8.27. The molecule has 1 aliphatic rings. The van der Waals surface area contributed by atoms with E-state index in [0.29, 0.717) is 5.92 Å². The van der Waals surface area contributed by atoms with Gasteiger partial charge in [0, 0.05) is 23.1 Å². The maximum absolute atomic E-state index is 9.16. The third kappa shape index (κ3) is 3.73. The van der Waals surface area contributed by atoms with Gasteiger partial charge in [-0.25, -0.2) is 0 Å². The van der Waals surface area contributed by atoms with E-state index in [1.165, 1.54) is 16.2 Å². The summed E-state index contributed by atoms with van der Waals surface area (Å²) in [6, 6.07) is 8.71. The van der Waals surface area contributed by atoms with Crippen molar-refractivity contribution in [3.63, 3.8) is 0 Å². The van der Waals surface area contributed by atoms with Crippen LogP contribution in [0.4, 0.5) is 0 Å². The Labute approximate surface area is 108 Å². The summed E-state index contributed by atoms with van der Waals surface area (Å²) < 4.78 is 0. The Morgan fingerprint density at radius 1 is 1.47 bits per heavy atom. The first-order valence-electron chi connectivity index (χ1n) is 6.38. The second-order valence-electron chi connectivity index (χ2n) is 4.74. The summed E-state index contributed by atoms with van der Waals surface area (Å²) >= 11 is 1.96. The van der Waals surface area contributed by atoms with Crippen molar-refractivity contribution in [2.24, 2.45) is 0 Å². The van der Waals surface area contributed by atoms with Gasteiger partial charge in [0.2, 0.25) is 0 Å². The second-order valence-corrected chi connectivity index (χ2v) is 5.80. The molecule has 0 aliphatic carbocycles. The third-order valence-corrected chi connectivity index (χ3v) is 4.42. The lowest BCUT2D eigenvalue weighted by Crippen LogP contribution is -2.23. The summed E-state index contributed by atoms with van der Waals surface area (Å²) in [6.45, 7) is 3.92. The van der Waals surface area contributed by atoms with Gasteiger partial charge in [0.15, 0.2) is 0 Å². The highest BCUT2D eigenvalue weighted by molar-refractivity contribution is 7.99. The zero-order valence-electron chi connectivity index (χ0n) is 10.4. The number of nitrogens with one attached hydrogen (secondary N) is 1. The Morgan fingerprint density at radius 3 is 3.12 bits per heavy atom. The molecule has 2 atom stereocenters. The quantitative estimate of drug-likeness (QED) is 0.762. The number of aliphatic hydroxyl groups excluding tert-OH is 1. The minimum Gasteiger partial charge on any atom is -0.393 e. The molecule has 2 rings (SSSR count). The molecule has 0 saturated carbocycles. The van der Waals surface area contributed by atoms with Gasteiger partial charge in [-0.05, 0) is 37.9 Å².